The molecule has 0 nitrogen and oxygen atoms in total. The van der Waals surface area contributed by atoms with Crippen molar-refractivity contribution in [1.29, 1.82) is 0 Å². The van der Waals surface area contributed by atoms with E-state index in [-0.39, 0.29) is 0 Å². The second-order valence-corrected chi connectivity index (χ2v) is 5.51. The topological polar surface area (TPSA) is 0 Å². The number of allylic oxidation sites excluding steroid dienone is 5. The van der Waals surface area contributed by atoms with E-state index in [1.807, 2.05) is 29.0 Å². The van der Waals surface area contributed by atoms with Gasteiger partial charge in [-0.25, -0.2) is 0 Å². The smallest absolute Gasteiger partial charge is 0.0182 e. The average Bonchev–Trinajstić information content (AvgIpc) is 2.21. The van der Waals surface area contributed by atoms with Crippen LogP contribution in [0.15, 0.2) is 48.4 Å². The first kappa shape index (κ1) is 13.7. The third-order valence-corrected chi connectivity index (χ3v) is 4.64. The first-order valence-corrected chi connectivity index (χ1v) is 6.91. The standard InChI is InChI=1S/C12H18S2/c1-5-8-10-12(9-6-2)14-13-11(4)7-3/h5-6,8-11H,1-2,7H2,3-4H3/b10-8-,12-9+. The molecule has 1 unspecified atom stereocenters. The Balaban J connectivity index is 4.10. The molecule has 0 radical (unpaired) electrons. The maximum Gasteiger partial charge on any atom is 0.0182 e. The van der Waals surface area contributed by atoms with Crippen LogP contribution < -0.4 is 0 Å². The largest absolute Gasteiger partial charge is 0.0991 e. The first-order chi connectivity index (χ1) is 6.74. The summed E-state index contributed by atoms with van der Waals surface area (Å²) in [5, 5.41) is 0.686. The van der Waals surface area contributed by atoms with Gasteiger partial charge in [0.25, 0.3) is 0 Å². The van der Waals surface area contributed by atoms with Gasteiger partial charge in [-0.15, -0.1) is 0 Å². The van der Waals surface area contributed by atoms with E-state index in [4.69, 9.17) is 0 Å². The quantitative estimate of drug-likeness (QED) is 0.443. The van der Waals surface area contributed by atoms with Crippen LogP contribution in [0.5, 0.6) is 0 Å². The Morgan fingerprint density at radius 3 is 2.57 bits per heavy atom. The molecule has 14 heavy (non-hydrogen) atoms. The summed E-state index contributed by atoms with van der Waals surface area (Å²) in [6, 6.07) is 0. The predicted molar refractivity (Wildman–Crippen MR) is 72.6 cm³/mol. The summed E-state index contributed by atoms with van der Waals surface area (Å²) in [5.41, 5.74) is 0. The van der Waals surface area contributed by atoms with Crippen molar-refractivity contribution in [3.05, 3.63) is 48.4 Å². The zero-order valence-corrected chi connectivity index (χ0v) is 10.5. The Morgan fingerprint density at radius 2 is 2.07 bits per heavy atom. The van der Waals surface area contributed by atoms with Gasteiger partial charge in [0, 0.05) is 10.2 Å². The van der Waals surface area contributed by atoms with Crippen molar-refractivity contribution in [3.8, 4) is 0 Å². The number of hydrogen-bond donors (Lipinski definition) is 0. The molecule has 0 saturated carbocycles. The molecule has 0 bridgehead atoms. The second kappa shape index (κ2) is 9.22. The van der Waals surface area contributed by atoms with Gasteiger partial charge in [0.05, 0.1) is 0 Å². The highest BCUT2D eigenvalue weighted by atomic mass is 33.1. The summed E-state index contributed by atoms with van der Waals surface area (Å²) in [4.78, 5) is 1.21. The fraction of sp³-hybridized carbons (Fsp3) is 0.333. The summed E-state index contributed by atoms with van der Waals surface area (Å²) in [6.07, 6.45) is 10.8. The van der Waals surface area contributed by atoms with E-state index in [0.29, 0.717) is 5.25 Å². The van der Waals surface area contributed by atoms with Gasteiger partial charge < -0.3 is 0 Å². The summed E-state index contributed by atoms with van der Waals surface area (Å²) in [6.45, 7) is 11.8. The number of hydrogen-bond acceptors (Lipinski definition) is 2. The zero-order valence-electron chi connectivity index (χ0n) is 8.90. The summed E-state index contributed by atoms with van der Waals surface area (Å²) >= 11 is 0. The van der Waals surface area contributed by atoms with Crippen molar-refractivity contribution in [2.24, 2.45) is 0 Å². The molecule has 0 saturated heterocycles. The van der Waals surface area contributed by atoms with E-state index in [1.165, 1.54) is 11.3 Å². The SMILES string of the molecule is C=C/C=C\C(=C/C=C)SSC(C)CC. The fourth-order valence-electron chi connectivity index (χ4n) is 0.596. The lowest BCUT2D eigenvalue weighted by Gasteiger charge is -2.06. The van der Waals surface area contributed by atoms with Crippen molar-refractivity contribution in [1.82, 2.24) is 0 Å². The molecule has 0 N–H and O–H groups in total. The van der Waals surface area contributed by atoms with Gasteiger partial charge in [-0.1, -0.05) is 66.8 Å². The van der Waals surface area contributed by atoms with E-state index in [0.717, 1.165) is 0 Å². The highest BCUT2D eigenvalue weighted by molar-refractivity contribution is 8.78. The van der Waals surface area contributed by atoms with Gasteiger partial charge >= 0.3 is 0 Å². The summed E-state index contributed by atoms with van der Waals surface area (Å²) in [5.74, 6) is 0. The normalized spacial score (nSPS) is 14.3. The molecule has 0 aliphatic heterocycles. The van der Waals surface area contributed by atoms with Crippen LogP contribution in [0.4, 0.5) is 0 Å². The van der Waals surface area contributed by atoms with Crippen LogP contribution in [-0.4, -0.2) is 5.25 Å². The Labute approximate surface area is 95.6 Å². The molecule has 0 aromatic heterocycles. The lowest BCUT2D eigenvalue weighted by atomic mass is 10.4. The van der Waals surface area contributed by atoms with Gasteiger partial charge in [-0.05, 0) is 18.6 Å². The Morgan fingerprint density at radius 1 is 1.36 bits per heavy atom. The fourth-order valence-corrected chi connectivity index (χ4v) is 2.86. The van der Waals surface area contributed by atoms with Crippen LogP contribution >= 0.6 is 21.6 Å². The minimum atomic E-state index is 0.686. The molecule has 0 aliphatic rings. The molecule has 1 atom stereocenters. The molecule has 0 heterocycles. The summed E-state index contributed by atoms with van der Waals surface area (Å²) in [7, 11) is 3.68. The van der Waals surface area contributed by atoms with Crippen molar-refractivity contribution in [2.75, 3.05) is 0 Å². The maximum atomic E-state index is 3.70. The van der Waals surface area contributed by atoms with Crippen LogP contribution in [0.1, 0.15) is 20.3 Å². The monoisotopic (exact) mass is 226 g/mol. The maximum absolute atomic E-state index is 3.70. The number of rotatable bonds is 7. The first-order valence-electron chi connectivity index (χ1n) is 4.69. The Kier molecular flexibility index (Phi) is 9.00. The molecule has 78 valence electrons. The van der Waals surface area contributed by atoms with Crippen LogP contribution in [0.2, 0.25) is 0 Å². The lowest BCUT2D eigenvalue weighted by molar-refractivity contribution is 0.912. The van der Waals surface area contributed by atoms with Crippen molar-refractivity contribution < 1.29 is 0 Å². The van der Waals surface area contributed by atoms with Crippen LogP contribution in [0, 0.1) is 0 Å². The molecule has 0 rings (SSSR count). The van der Waals surface area contributed by atoms with Gasteiger partial charge in [0.1, 0.15) is 0 Å². The molecule has 0 aromatic carbocycles. The van der Waals surface area contributed by atoms with Gasteiger partial charge in [-0.3, -0.25) is 0 Å². The third-order valence-electron chi connectivity index (χ3n) is 1.56. The lowest BCUT2D eigenvalue weighted by Crippen LogP contribution is -1.88. The molecular weight excluding hydrogens is 208 g/mol. The van der Waals surface area contributed by atoms with E-state index >= 15 is 0 Å². The molecule has 2 heteroatoms. The van der Waals surface area contributed by atoms with E-state index in [9.17, 15) is 0 Å². The Bertz CT molecular complexity index is 226. The average molecular weight is 226 g/mol. The zero-order chi connectivity index (χ0) is 10.8. The molecule has 0 spiro atoms. The second-order valence-electron chi connectivity index (χ2n) is 2.80. The van der Waals surface area contributed by atoms with E-state index in [1.54, 1.807) is 16.9 Å². The van der Waals surface area contributed by atoms with Gasteiger partial charge in [0.15, 0.2) is 0 Å². The minimum absolute atomic E-state index is 0.686. The predicted octanol–water partition coefficient (Wildman–Crippen LogP) is 4.98. The van der Waals surface area contributed by atoms with Crippen molar-refractivity contribution >= 4 is 21.6 Å². The van der Waals surface area contributed by atoms with Crippen LogP contribution in [0.25, 0.3) is 0 Å². The molecule has 0 aromatic rings. The summed E-state index contributed by atoms with van der Waals surface area (Å²) < 4.78 is 0. The highest BCUT2D eigenvalue weighted by Crippen LogP contribution is 2.35. The van der Waals surface area contributed by atoms with Crippen molar-refractivity contribution in [2.45, 2.75) is 25.5 Å². The van der Waals surface area contributed by atoms with E-state index in [2.05, 4.69) is 33.1 Å². The van der Waals surface area contributed by atoms with Gasteiger partial charge in [0.2, 0.25) is 0 Å². The van der Waals surface area contributed by atoms with Gasteiger partial charge in [-0.2, -0.15) is 0 Å². The minimum Gasteiger partial charge on any atom is -0.0991 e. The Hall–Kier alpha value is -0.340. The molecular formula is C12H18S2. The van der Waals surface area contributed by atoms with Crippen LogP contribution in [-0.2, 0) is 0 Å². The molecule has 0 fully saturated rings. The van der Waals surface area contributed by atoms with E-state index < -0.39 is 0 Å². The van der Waals surface area contributed by atoms with Crippen LogP contribution in [0.3, 0.4) is 0 Å². The molecule has 0 aliphatic carbocycles. The molecule has 0 amide bonds. The highest BCUT2D eigenvalue weighted by Gasteiger charge is 2.00. The van der Waals surface area contributed by atoms with Crippen molar-refractivity contribution in [3.63, 3.8) is 0 Å². The third kappa shape index (κ3) is 7.10.